The van der Waals surface area contributed by atoms with Crippen LogP contribution in [0.25, 0.3) is 0 Å². The van der Waals surface area contributed by atoms with E-state index in [1.165, 1.54) is 0 Å². The quantitative estimate of drug-likeness (QED) is 0.670. The van der Waals surface area contributed by atoms with Crippen molar-refractivity contribution in [2.45, 2.75) is 13.5 Å². The smallest absolute Gasteiger partial charge is 0.240 e. The number of nitrogen functional groups attached to an aromatic ring is 1. The van der Waals surface area contributed by atoms with Crippen LogP contribution in [0.2, 0.25) is 0 Å². The summed E-state index contributed by atoms with van der Waals surface area (Å²) in [7, 11) is 0. The SMILES string of the molecule is Cc1cnc(NN)nc1OCc1cccc(Br)c1. The maximum absolute atomic E-state index is 5.65. The maximum Gasteiger partial charge on any atom is 0.240 e. The summed E-state index contributed by atoms with van der Waals surface area (Å²) in [6, 6.07) is 7.92. The lowest BCUT2D eigenvalue weighted by Crippen LogP contribution is -2.11. The number of nitrogens with two attached hydrogens (primary N) is 1. The standard InChI is InChI=1S/C12H13BrN4O/c1-8-6-15-12(17-14)16-11(8)18-7-9-3-2-4-10(13)5-9/h2-6H,7,14H2,1H3,(H,15,16,17). The first-order chi connectivity index (χ1) is 8.69. The van der Waals surface area contributed by atoms with E-state index in [0.717, 1.165) is 15.6 Å². The molecule has 0 unspecified atom stereocenters. The summed E-state index contributed by atoms with van der Waals surface area (Å²) in [6.07, 6.45) is 1.67. The van der Waals surface area contributed by atoms with Crippen LogP contribution in [-0.2, 0) is 6.61 Å². The largest absolute Gasteiger partial charge is 0.472 e. The van der Waals surface area contributed by atoms with Gasteiger partial charge in [0.05, 0.1) is 0 Å². The van der Waals surface area contributed by atoms with E-state index >= 15 is 0 Å². The Morgan fingerprint density at radius 3 is 3.00 bits per heavy atom. The second kappa shape index (κ2) is 5.79. The molecular weight excluding hydrogens is 296 g/mol. The number of benzene rings is 1. The van der Waals surface area contributed by atoms with Gasteiger partial charge in [0.15, 0.2) is 0 Å². The van der Waals surface area contributed by atoms with Gasteiger partial charge in [0.2, 0.25) is 11.8 Å². The Bertz CT molecular complexity index is 547. The number of rotatable bonds is 4. The highest BCUT2D eigenvalue weighted by Crippen LogP contribution is 2.18. The Morgan fingerprint density at radius 1 is 1.44 bits per heavy atom. The van der Waals surface area contributed by atoms with E-state index in [2.05, 4.69) is 31.3 Å². The third-order valence-electron chi connectivity index (χ3n) is 2.32. The number of hydrazine groups is 1. The number of aromatic nitrogens is 2. The van der Waals surface area contributed by atoms with Crippen molar-refractivity contribution < 1.29 is 4.74 Å². The van der Waals surface area contributed by atoms with Crippen LogP contribution >= 0.6 is 15.9 Å². The molecule has 0 aliphatic heterocycles. The van der Waals surface area contributed by atoms with Crippen LogP contribution in [0.3, 0.4) is 0 Å². The number of anilines is 1. The minimum atomic E-state index is 0.338. The highest BCUT2D eigenvalue weighted by atomic mass is 79.9. The molecule has 0 saturated heterocycles. The van der Waals surface area contributed by atoms with Gasteiger partial charge in [-0.3, -0.25) is 5.43 Å². The lowest BCUT2D eigenvalue weighted by atomic mass is 10.2. The number of nitrogens with zero attached hydrogens (tertiary/aromatic N) is 2. The summed E-state index contributed by atoms with van der Waals surface area (Å²) >= 11 is 3.42. The molecule has 0 aliphatic rings. The van der Waals surface area contributed by atoms with E-state index < -0.39 is 0 Å². The molecule has 6 heteroatoms. The fraction of sp³-hybridized carbons (Fsp3) is 0.167. The number of hydrogen-bond donors (Lipinski definition) is 2. The molecule has 0 amide bonds. The molecule has 1 aromatic carbocycles. The van der Waals surface area contributed by atoms with Crippen LogP contribution in [-0.4, -0.2) is 9.97 Å². The van der Waals surface area contributed by atoms with E-state index in [-0.39, 0.29) is 0 Å². The zero-order chi connectivity index (χ0) is 13.0. The molecule has 2 rings (SSSR count). The molecule has 0 atom stereocenters. The Kier molecular flexibility index (Phi) is 4.11. The lowest BCUT2D eigenvalue weighted by molar-refractivity contribution is 0.291. The zero-order valence-corrected chi connectivity index (χ0v) is 11.4. The molecule has 2 aromatic rings. The van der Waals surface area contributed by atoms with Gasteiger partial charge < -0.3 is 4.74 Å². The first-order valence-corrected chi connectivity index (χ1v) is 6.16. The van der Waals surface area contributed by atoms with E-state index in [4.69, 9.17) is 10.6 Å². The molecule has 1 aromatic heterocycles. The third kappa shape index (κ3) is 3.18. The van der Waals surface area contributed by atoms with Crippen molar-refractivity contribution in [3.63, 3.8) is 0 Å². The van der Waals surface area contributed by atoms with Gasteiger partial charge in [-0.05, 0) is 24.6 Å². The van der Waals surface area contributed by atoms with Crippen molar-refractivity contribution >= 4 is 21.9 Å². The van der Waals surface area contributed by atoms with Gasteiger partial charge in [-0.2, -0.15) is 4.98 Å². The molecule has 0 spiro atoms. The average molecular weight is 309 g/mol. The summed E-state index contributed by atoms with van der Waals surface area (Å²) < 4.78 is 6.67. The van der Waals surface area contributed by atoms with Gasteiger partial charge in [0, 0.05) is 16.2 Å². The van der Waals surface area contributed by atoms with Gasteiger partial charge in [-0.15, -0.1) is 0 Å². The molecule has 0 bridgehead atoms. The number of nitrogens with one attached hydrogen (secondary N) is 1. The van der Waals surface area contributed by atoms with Crippen LogP contribution in [0, 0.1) is 6.92 Å². The van der Waals surface area contributed by atoms with Crippen LogP contribution < -0.4 is 16.0 Å². The molecule has 94 valence electrons. The predicted molar refractivity (Wildman–Crippen MR) is 73.1 cm³/mol. The van der Waals surface area contributed by atoms with E-state index in [9.17, 15) is 0 Å². The fourth-order valence-electron chi connectivity index (χ4n) is 1.42. The first kappa shape index (κ1) is 12.8. The zero-order valence-electron chi connectivity index (χ0n) is 9.85. The van der Waals surface area contributed by atoms with Gasteiger partial charge in [-0.25, -0.2) is 10.8 Å². The van der Waals surface area contributed by atoms with Crippen molar-refractivity contribution in [3.05, 3.63) is 46.1 Å². The van der Waals surface area contributed by atoms with Crippen LogP contribution in [0.1, 0.15) is 11.1 Å². The summed E-state index contributed by atoms with van der Waals surface area (Å²) in [4.78, 5) is 8.14. The van der Waals surface area contributed by atoms with E-state index in [0.29, 0.717) is 18.4 Å². The van der Waals surface area contributed by atoms with Gasteiger partial charge in [0.1, 0.15) is 6.61 Å². The Balaban J connectivity index is 2.10. The molecule has 1 heterocycles. The molecule has 5 nitrogen and oxygen atoms in total. The molecule has 0 radical (unpaired) electrons. The molecule has 18 heavy (non-hydrogen) atoms. The maximum atomic E-state index is 5.65. The van der Waals surface area contributed by atoms with E-state index in [1.54, 1.807) is 6.20 Å². The summed E-state index contributed by atoms with van der Waals surface area (Å²) in [5, 5.41) is 0. The lowest BCUT2D eigenvalue weighted by Gasteiger charge is -2.09. The van der Waals surface area contributed by atoms with Crippen molar-refractivity contribution in [1.82, 2.24) is 9.97 Å². The van der Waals surface area contributed by atoms with Gasteiger partial charge in [-0.1, -0.05) is 28.1 Å². The molecule has 3 N–H and O–H groups in total. The summed E-state index contributed by atoms with van der Waals surface area (Å²) in [5.74, 6) is 6.12. The molecule has 0 aliphatic carbocycles. The topological polar surface area (TPSA) is 73.1 Å². The van der Waals surface area contributed by atoms with Crippen molar-refractivity contribution in [1.29, 1.82) is 0 Å². The van der Waals surface area contributed by atoms with E-state index in [1.807, 2.05) is 31.2 Å². The van der Waals surface area contributed by atoms with Crippen LogP contribution in [0.4, 0.5) is 5.95 Å². The number of halogens is 1. The average Bonchev–Trinajstić information content (AvgIpc) is 2.38. The number of hydrogen-bond acceptors (Lipinski definition) is 5. The highest BCUT2D eigenvalue weighted by molar-refractivity contribution is 9.10. The van der Waals surface area contributed by atoms with Crippen molar-refractivity contribution in [2.75, 3.05) is 5.43 Å². The third-order valence-corrected chi connectivity index (χ3v) is 2.81. The highest BCUT2D eigenvalue weighted by Gasteiger charge is 2.04. The van der Waals surface area contributed by atoms with Gasteiger partial charge in [0.25, 0.3) is 0 Å². The minimum absolute atomic E-state index is 0.338. The van der Waals surface area contributed by atoms with Crippen molar-refractivity contribution in [3.8, 4) is 5.88 Å². The van der Waals surface area contributed by atoms with Gasteiger partial charge >= 0.3 is 0 Å². The second-order valence-corrected chi connectivity index (χ2v) is 4.66. The number of ether oxygens (including phenoxy) is 1. The Morgan fingerprint density at radius 2 is 2.28 bits per heavy atom. The minimum Gasteiger partial charge on any atom is -0.472 e. The van der Waals surface area contributed by atoms with Crippen LogP contribution in [0.5, 0.6) is 5.88 Å². The summed E-state index contributed by atoms with van der Waals surface area (Å²) in [6.45, 7) is 2.33. The monoisotopic (exact) mass is 308 g/mol. The first-order valence-electron chi connectivity index (χ1n) is 5.36. The normalized spacial score (nSPS) is 10.2. The van der Waals surface area contributed by atoms with Crippen molar-refractivity contribution in [2.24, 2.45) is 5.84 Å². The predicted octanol–water partition coefficient (Wildman–Crippen LogP) is 2.41. The molecule has 0 saturated carbocycles. The fourth-order valence-corrected chi connectivity index (χ4v) is 1.87. The molecular formula is C12H13BrN4O. The second-order valence-electron chi connectivity index (χ2n) is 3.74. The van der Waals surface area contributed by atoms with Crippen LogP contribution in [0.15, 0.2) is 34.9 Å². The molecule has 0 fully saturated rings. The number of aryl methyl sites for hydroxylation is 1. The summed E-state index contributed by atoms with van der Waals surface area (Å²) in [5.41, 5.74) is 4.32. The Labute approximate surface area is 113 Å². The Hall–Kier alpha value is -1.66.